The summed E-state index contributed by atoms with van der Waals surface area (Å²) in [5, 5.41) is 3.10. The predicted octanol–water partition coefficient (Wildman–Crippen LogP) is 3.06. The van der Waals surface area contributed by atoms with E-state index < -0.39 is 0 Å². The number of allylic oxidation sites excluding steroid dienone is 2. The van der Waals surface area contributed by atoms with E-state index >= 15 is 0 Å². The number of benzene rings is 1. The molecule has 3 fully saturated rings. The maximum absolute atomic E-state index is 12.9. The van der Waals surface area contributed by atoms with Crippen LogP contribution in [0.15, 0.2) is 36.4 Å². The number of carbonyl (C=O) groups is 3. The summed E-state index contributed by atoms with van der Waals surface area (Å²) in [6, 6.07) is 7.14. The molecule has 4 aliphatic rings. The van der Waals surface area contributed by atoms with Crippen molar-refractivity contribution in [3.05, 3.63) is 42.0 Å². The van der Waals surface area contributed by atoms with Gasteiger partial charge in [0.1, 0.15) is 0 Å². The Kier molecular flexibility index (Phi) is 3.92. The van der Waals surface area contributed by atoms with Gasteiger partial charge in [-0.2, -0.15) is 0 Å². The van der Waals surface area contributed by atoms with Crippen LogP contribution >= 0.6 is 0 Å². The molecule has 1 aromatic carbocycles. The molecule has 1 N–H and O–H groups in total. The van der Waals surface area contributed by atoms with Crippen molar-refractivity contribution in [1.82, 2.24) is 5.32 Å². The van der Waals surface area contributed by atoms with Gasteiger partial charge in [0.15, 0.2) is 0 Å². The fourth-order valence-corrected chi connectivity index (χ4v) is 5.43. The minimum absolute atomic E-state index is 0.0772. The minimum Gasteiger partial charge on any atom is -0.349 e. The highest BCUT2D eigenvalue weighted by Crippen LogP contribution is 2.53. The van der Waals surface area contributed by atoms with E-state index in [0.29, 0.717) is 11.3 Å². The first-order valence-electron chi connectivity index (χ1n) is 10.1. The zero-order chi connectivity index (χ0) is 18.5. The van der Waals surface area contributed by atoms with Crippen molar-refractivity contribution in [3.8, 4) is 0 Å². The van der Waals surface area contributed by atoms with Crippen molar-refractivity contribution in [3.63, 3.8) is 0 Å². The van der Waals surface area contributed by atoms with Crippen LogP contribution in [-0.4, -0.2) is 23.8 Å². The molecule has 5 rings (SSSR count). The van der Waals surface area contributed by atoms with Gasteiger partial charge in [0, 0.05) is 11.6 Å². The van der Waals surface area contributed by atoms with Gasteiger partial charge >= 0.3 is 0 Å². The highest BCUT2D eigenvalue weighted by molar-refractivity contribution is 6.22. The van der Waals surface area contributed by atoms with Gasteiger partial charge in [-0.15, -0.1) is 0 Å². The fraction of sp³-hybridized carbons (Fsp3) is 0.500. The molecule has 0 spiro atoms. The topological polar surface area (TPSA) is 66.5 Å². The van der Waals surface area contributed by atoms with Crippen LogP contribution in [0.25, 0.3) is 0 Å². The lowest BCUT2D eigenvalue weighted by Crippen LogP contribution is -2.36. The summed E-state index contributed by atoms with van der Waals surface area (Å²) in [6.07, 6.45) is 10.8. The number of carbonyl (C=O) groups excluding carboxylic acids is 3. The van der Waals surface area contributed by atoms with Crippen molar-refractivity contribution < 1.29 is 14.4 Å². The summed E-state index contributed by atoms with van der Waals surface area (Å²) in [4.78, 5) is 39.5. The summed E-state index contributed by atoms with van der Waals surface area (Å²) in [7, 11) is 0. The molecular weight excluding hydrogens is 340 g/mol. The molecule has 1 heterocycles. The fourth-order valence-electron chi connectivity index (χ4n) is 5.43. The predicted molar refractivity (Wildman–Crippen MR) is 101 cm³/mol. The van der Waals surface area contributed by atoms with Crippen LogP contribution in [0.3, 0.4) is 0 Å². The second kappa shape index (κ2) is 6.32. The molecule has 5 nitrogen and oxygen atoms in total. The van der Waals surface area contributed by atoms with E-state index in [4.69, 9.17) is 0 Å². The number of fused-ring (bicyclic) bond motifs is 5. The quantitative estimate of drug-likeness (QED) is 0.662. The lowest BCUT2D eigenvalue weighted by Gasteiger charge is -2.23. The monoisotopic (exact) mass is 364 g/mol. The van der Waals surface area contributed by atoms with E-state index in [2.05, 4.69) is 17.5 Å². The van der Waals surface area contributed by atoms with Crippen LogP contribution in [0, 0.1) is 23.7 Å². The summed E-state index contributed by atoms with van der Waals surface area (Å²) in [5.41, 5.74) is 1.15. The summed E-state index contributed by atoms with van der Waals surface area (Å²) in [6.45, 7) is 0. The molecular formula is C22H24N2O3. The first-order valence-corrected chi connectivity index (χ1v) is 10.1. The Hall–Kier alpha value is -2.43. The molecule has 27 heavy (non-hydrogen) atoms. The number of hydrogen-bond acceptors (Lipinski definition) is 3. The maximum atomic E-state index is 12.9. The third-order valence-corrected chi connectivity index (χ3v) is 6.80. The molecule has 3 amide bonds. The third kappa shape index (κ3) is 2.63. The number of hydrogen-bond donors (Lipinski definition) is 1. The lowest BCUT2D eigenvalue weighted by molar-refractivity contribution is -0.123. The van der Waals surface area contributed by atoms with E-state index in [9.17, 15) is 14.4 Å². The van der Waals surface area contributed by atoms with Gasteiger partial charge in [0.05, 0.1) is 17.5 Å². The lowest BCUT2D eigenvalue weighted by atomic mass is 9.85. The largest absolute Gasteiger partial charge is 0.349 e. The van der Waals surface area contributed by atoms with E-state index in [-0.39, 0.29) is 47.4 Å². The molecule has 1 aromatic rings. The van der Waals surface area contributed by atoms with Crippen LogP contribution in [0.5, 0.6) is 0 Å². The van der Waals surface area contributed by atoms with Gasteiger partial charge < -0.3 is 5.32 Å². The number of rotatable bonds is 3. The van der Waals surface area contributed by atoms with Gasteiger partial charge in [-0.05, 0) is 55.4 Å². The second-order valence-electron chi connectivity index (χ2n) is 8.37. The average Bonchev–Trinajstić information content (AvgIpc) is 3.37. The van der Waals surface area contributed by atoms with Crippen LogP contribution in [0.2, 0.25) is 0 Å². The molecule has 0 unspecified atom stereocenters. The summed E-state index contributed by atoms with van der Waals surface area (Å²) < 4.78 is 0. The number of amides is 3. The molecule has 0 radical (unpaired) electrons. The van der Waals surface area contributed by atoms with Crippen molar-refractivity contribution in [2.75, 3.05) is 4.90 Å². The normalized spacial score (nSPS) is 32.2. The van der Waals surface area contributed by atoms with Crippen molar-refractivity contribution in [2.24, 2.45) is 23.7 Å². The van der Waals surface area contributed by atoms with E-state index in [1.54, 1.807) is 24.3 Å². The first kappa shape index (κ1) is 16.7. The molecule has 0 aromatic heterocycles. The minimum atomic E-state index is -0.193. The Morgan fingerprint density at radius 3 is 2.07 bits per heavy atom. The Labute approximate surface area is 158 Å². The SMILES string of the molecule is O=C(NC1CCCCC1)c1ccc(N2C(=O)[C@@H]3[C@@H](C2=O)[C@@H]2C=C[C@@H]3C2)cc1. The standard InChI is InChI=1S/C22H24N2O3/c25-20(23-16-4-2-1-3-5-16)13-8-10-17(11-9-13)24-21(26)18-14-6-7-15(12-14)19(18)22(24)27/h6-11,14-16,18-19H,1-5,12H2,(H,23,25)/t14-,15-,18+,19+/m1/s1. The Balaban J connectivity index is 1.31. The zero-order valence-electron chi connectivity index (χ0n) is 15.3. The molecule has 5 heteroatoms. The molecule has 1 aliphatic heterocycles. The molecule has 2 bridgehead atoms. The van der Waals surface area contributed by atoms with Gasteiger partial charge in [-0.1, -0.05) is 31.4 Å². The summed E-state index contributed by atoms with van der Waals surface area (Å²) in [5.74, 6) is -0.207. The Bertz CT molecular complexity index is 792. The number of nitrogens with zero attached hydrogens (tertiary/aromatic N) is 1. The van der Waals surface area contributed by atoms with Crippen LogP contribution in [0.1, 0.15) is 48.9 Å². The third-order valence-electron chi connectivity index (χ3n) is 6.80. The highest BCUT2D eigenvalue weighted by atomic mass is 16.2. The number of anilines is 1. The molecule has 140 valence electrons. The van der Waals surface area contributed by atoms with Crippen molar-refractivity contribution in [1.29, 1.82) is 0 Å². The molecule has 3 aliphatic carbocycles. The molecule has 2 saturated carbocycles. The smallest absolute Gasteiger partial charge is 0.251 e. The number of imide groups is 1. The highest BCUT2D eigenvalue weighted by Gasteiger charge is 2.59. The van der Waals surface area contributed by atoms with Gasteiger partial charge in [0.2, 0.25) is 11.8 Å². The molecule has 4 atom stereocenters. The van der Waals surface area contributed by atoms with Crippen LogP contribution in [-0.2, 0) is 9.59 Å². The van der Waals surface area contributed by atoms with Gasteiger partial charge in [0.25, 0.3) is 5.91 Å². The Morgan fingerprint density at radius 1 is 0.889 bits per heavy atom. The second-order valence-corrected chi connectivity index (χ2v) is 8.37. The van der Waals surface area contributed by atoms with E-state index in [1.165, 1.54) is 24.2 Å². The maximum Gasteiger partial charge on any atom is 0.251 e. The Morgan fingerprint density at radius 2 is 1.48 bits per heavy atom. The zero-order valence-corrected chi connectivity index (χ0v) is 15.3. The first-order chi connectivity index (χ1) is 13.1. The van der Waals surface area contributed by atoms with Crippen molar-refractivity contribution in [2.45, 2.75) is 44.6 Å². The van der Waals surface area contributed by atoms with E-state index in [0.717, 1.165) is 19.3 Å². The van der Waals surface area contributed by atoms with Gasteiger partial charge in [-0.3, -0.25) is 19.3 Å². The van der Waals surface area contributed by atoms with Crippen LogP contribution in [0.4, 0.5) is 5.69 Å². The number of nitrogens with one attached hydrogen (secondary N) is 1. The molecule has 1 saturated heterocycles. The van der Waals surface area contributed by atoms with Crippen molar-refractivity contribution >= 4 is 23.4 Å². The average molecular weight is 364 g/mol. The van der Waals surface area contributed by atoms with Crippen LogP contribution < -0.4 is 10.2 Å². The van der Waals surface area contributed by atoms with Gasteiger partial charge in [-0.25, -0.2) is 0 Å². The van der Waals surface area contributed by atoms with E-state index in [1.807, 2.05) is 0 Å². The summed E-state index contributed by atoms with van der Waals surface area (Å²) >= 11 is 0.